The molecular formula is C24H25N5O. The summed E-state index contributed by atoms with van der Waals surface area (Å²) in [4.78, 5) is 13.9. The van der Waals surface area contributed by atoms with Gasteiger partial charge in [0.05, 0.1) is 23.7 Å². The highest BCUT2D eigenvalue weighted by Gasteiger charge is 2.24. The average Bonchev–Trinajstić information content (AvgIpc) is 2.78. The Morgan fingerprint density at radius 2 is 1.87 bits per heavy atom. The molecule has 0 unspecified atom stereocenters. The van der Waals surface area contributed by atoms with Gasteiger partial charge in [-0.1, -0.05) is 42.5 Å². The highest BCUT2D eigenvalue weighted by molar-refractivity contribution is 6.32. The number of aliphatic imine (C=N–C) groups is 1. The van der Waals surface area contributed by atoms with Gasteiger partial charge in [-0.3, -0.25) is 4.99 Å². The van der Waals surface area contributed by atoms with Crippen LogP contribution in [0.4, 0.5) is 11.6 Å². The third-order valence-electron chi connectivity index (χ3n) is 5.03. The molecule has 0 atom stereocenters. The summed E-state index contributed by atoms with van der Waals surface area (Å²) in [5.41, 5.74) is 12.7. The van der Waals surface area contributed by atoms with Crippen molar-refractivity contribution in [3.63, 3.8) is 0 Å². The molecule has 6 heteroatoms. The Hall–Kier alpha value is -3.67. The molecule has 1 aromatic heterocycles. The van der Waals surface area contributed by atoms with Gasteiger partial charge in [0.1, 0.15) is 5.75 Å². The molecule has 0 amide bonds. The Bertz CT molecular complexity index is 1110. The van der Waals surface area contributed by atoms with Gasteiger partial charge in [0.15, 0.2) is 0 Å². The Balaban J connectivity index is 1.75. The van der Waals surface area contributed by atoms with E-state index in [1.54, 1.807) is 7.05 Å². The molecule has 0 radical (unpaired) electrons. The van der Waals surface area contributed by atoms with Gasteiger partial charge in [-0.2, -0.15) is 0 Å². The summed E-state index contributed by atoms with van der Waals surface area (Å²) in [5.74, 6) is 1.26. The summed E-state index contributed by atoms with van der Waals surface area (Å²) in [6.45, 7) is 2.54. The lowest BCUT2D eigenvalue weighted by molar-refractivity contribution is 0.342. The standard InChI is InChI=1S/C24H25N5O/c1-3-30-20-12-8-7-11-19(20)28-24-27-15-17-13-14-18(25)21(23(17)29-24)22(26-2)16-9-5-4-6-10-16/h4-12,15H,3,13-14,25H2,1-2H3,(H,27,28,29). The van der Waals surface area contributed by atoms with Crippen LogP contribution in [0.2, 0.25) is 0 Å². The van der Waals surface area contributed by atoms with Crippen molar-refractivity contribution in [2.45, 2.75) is 19.8 Å². The molecular weight excluding hydrogens is 374 g/mol. The van der Waals surface area contributed by atoms with E-state index in [1.807, 2.05) is 67.7 Å². The first kappa shape index (κ1) is 19.6. The first-order valence-corrected chi connectivity index (χ1v) is 10.1. The van der Waals surface area contributed by atoms with Gasteiger partial charge in [0, 0.05) is 30.1 Å². The minimum Gasteiger partial charge on any atom is -0.492 e. The van der Waals surface area contributed by atoms with Crippen LogP contribution in [0.15, 0.2) is 71.5 Å². The Morgan fingerprint density at radius 1 is 1.10 bits per heavy atom. The number of nitrogens with one attached hydrogen (secondary N) is 1. The smallest absolute Gasteiger partial charge is 0.227 e. The second-order valence-corrected chi connectivity index (χ2v) is 6.96. The van der Waals surface area contributed by atoms with Gasteiger partial charge in [-0.05, 0) is 37.5 Å². The Labute approximate surface area is 176 Å². The molecule has 0 fully saturated rings. The number of hydrogen-bond donors (Lipinski definition) is 2. The second kappa shape index (κ2) is 8.78. The maximum absolute atomic E-state index is 6.47. The quantitative estimate of drug-likeness (QED) is 0.602. The predicted molar refractivity (Wildman–Crippen MR) is 121 cm³/mol. The van der Waals surface area contributed by atoms with E-state index in [4.69, 9.17) is 15.5 Å². The number of rotatable bonds is 6. The van der Waals surface area contributed by atoms with Crippen molar-refractivity contribution in [2.75, 3.05) is 19.0 Å². The minimum atomic E-state index is 0.497. The highest BCUT2D eigenvalue weighted by Crippen LogP contribution is 2.32. The van der Waals surface area contributed by atoms with Crippen molar-refractivity contribution in [2.24, 2.45) is 10.7 Å². The third kappa shape index (κ3) is 3.89. The molecule has 6 nitrogen and oxygen atoms in total. The van der Waals surface area contributed by atoms with E-state index in [9.17, 15) is 0 Å². The van der Waals surface area contributed by atoms with Gasteiger partial charge < -0.3 is 15.8 Å². The van der Waals surface area contributed by atoms with Crippen LogP contribution in [0.1, 0.15) is 30.2 Å². The molecule has 3 aromatic rings. The highest BCUT2D eigenvalue weighted by atomic mass is 16.5. The lowest BCUT2D eigenvalue weighted by Gasteiger charge is -2.22. The van der Waals surface area contributed by atoms with Crippen LogP contribution in [0.5, 0.6) is 5.75 Å². The molecule has 2 aromatic carbocycles. The number of anilines is 2. The molecule has 30 heavy (non-hydrogen) atoms. The van der Waals surface area contributed by atoms with Gasteiger partial charge in [0.25, 0.3) is 0 Å². The summed E-state index contributed by atoms with van der Waals surface area (Å²) < 4.78 is 5.71. The van der Waals surface area contributed by atoms with Crippen LogP contribution in [0.25, 0.3) is 5.57 Å². The molecule has 0 bridgehead atoms. The van der Waals surface area contributed by atoms with Gasteiger partial charge in [0.2, 0.25) is 5.95 Å². The van der Waals surface area contributed by atoms with Crippen molar-refractivity contribution in [1.29, 1.82) is 0 Å². The van der Waals surface area contributed by atoms with E-state index in [0.29, 0.717) is 12.6 Å². The van der Waals surface area contributed by atoms with Gasteiger partial charge >= 0.3 is 0 Å². The normalized spacial score (nSPS) is 13.7. The maximum Gasteiger partial charge on any atom is 0.227 e. The molecule has 152 valence electrons. The first-order valence-electron chi connectivity index (χ1n) is 10.1. The summed E-state index contributed by atoms with van der Waals surface area (Å²) in [6.07, 6.45) is 3.45. The van der Waals surface area contributed by atoms with Crippen LogP contribution in [0, 0.1) is 0 Å². The lowest BCUT2D eigenvalue weighted by atomic mass is 9.88. The molecule has 0 saturated heterocycles. The number of nitrogens with two attached hydrogens (primary N) is 1. The number of aromatic nitrogens is 2. The number of aryl methyl sites for hydroxylation is 1. The Kier molecular flexibility index (Phi) is 5.75. The summed E-state index contributed by atoms with van der Waals surface area (Å²) in [7, 11) is 1.79. The van der Waals surface area contributed by atoms with Crippen LogP contribution in [-0.4, -0.2) is 29.3 Å². The summed E-state index contributed by atoms with van der Waals surface area (Å²) >= 11 is 0. The number of ether oxygens (including phenoxy) is 1. The molecule has 4 rings (SSSR count). The zero-order valence-corrected chi connectivity index (χ0v) is 17.2. The van der Waals surface area contributed by atoms with E-state index in [-0.39, 0.29) is 0 Å². The van der Waals surface area contributed by atoms with Crippen molar-refractivity contribution in [1.82, 2.24) is 9.97 Å². The van der Waals surface area contributed by atoms with Crippen LogP contribution < -0.4 is 15.8 Å². The van der Waals surface area contributed by atoms with Crippen molar-refractivity contribution in [3.8, 4) is 5.75 Å². The predicted octanol–water partition coefficient (Wildman–Crippen LogP) is 4.35. The van der Waals surface area contributed by atoms with Crippen LogP contribution in [-0.2, 0) is 6.42 Å². The second-order valence-electron chi connectivity index (χ2n) is 6.96. The molecule has 1 aliphatic rings. The molecule has 3 N–H and O–H groups in total. The van der Waals surface area contributed by atoms with E-state index < -0.39 is 0 Å². The third-order valence-corrected chi connectivity index (χ3v) is 5.03. The summed E-state index contributed by atoms with van der Waals surface area (Å²) in [5, 5.41) is 3.29. The van der Waals surface area contributed by atoms with Crippen molar-refractivity contribution >= 4 is 22.9 Å². The maximum atomic E-state index is 6.47. The van der Waals surface area contributed by atoms with Crippen molar-refractivity contribution in [3.05, 3.63) is 83.3 Å². The monoisotopic (exact) mass is 399 g/mol. The molecule has 0 spiro atoms. The number of fused-ring (bicyclic) bond motifs is 1. The van der Waals surface area contributed by atoms with Crippen molar-refractivity contribution < 1.29 is 4.74 Å². The number of benzene rings is 2. The van der Waals surface area contributed by atoms with E-state index >= 15 is 0 Å². The molecule has 0 aliphatic heterocycles. The largest absolute Gasteiger partial charge is 0.492 e. The van der Waals surface area contributed by atoms with Gasteiger partial charge in [-0.15, -0.1) is 0 Å². The molecule has 0 saturated carbocycles. The molecule has 1 heterocycles. The topological polar surface area (TPSA) is 85.4 Å². The molecule has 1 aliphatic carbocycles. The van der Waals surface area contributed by atoms with Gasteiger partial charge in [-0.25, -0.2) is 9.97 Å². The first-order chi connectivity index (χ1) is 14.7. The zero-order chi connectivity index (χ0) is 20.9. The SMILES string of the molecule is CCOc1ccccc1Nc1ncc2c(n1)C(C(=NC)c1ccccc1)=C(N)CC2. The fourth-order valence-corrected chi connectivity index (χ4v) is 3.63. The summed E-state index contributed by atoms with van der Waals surface area (Å²) in [6, 6.07) is 17.8. The number of nitrogens with zero attached hydrogens (tertiary/aromatic N) is 3. The van der Waals surface area contributed by atoms with E-state index in [2.05, 4.69) is 15.3 Å². The number of allylic oxidation sites excluding steroid dienone is 2. The van der Waals surface area contributed by atoms with E-state index in [1.165, 1.54) is 0 Å². The minimum absolute atomic E-state index is 0.497. The number of para-hydroxylation sites is 2. The Morgan fingerprint density at radius 3 is 2.63 bits per heavy atom. The van der Waals surface area contributed by atoms with Crippen LogP contribution in [0.3, 0.4) is 0 Å². The fraction of sp³-hybridized carbons (Fsp3) is 0.208. The lowest BCUT2D eigenvalue weighted by Crippen LogP contribution is -2.20. The van der Waals surface area contributed by atoms with Crippen LogP contribution >= 0.6 is 0 Å². The zero-order valence-electron chi connectivity index (χ0n) is 17.2. The number of hydrogen-bond acceptors (Lipinski definition) is 6. The van der Waals surface area contributed by atoms with E-state index in [0.717, 1.165) is 58.1 Å². The fourth-order valence-electron chi connectivity index (χ4n) is 3.63. The average molecular weight is 399 g/mol.